The third-order valence-electron chi connectivity index (χ3n) is 5.27. The summed E-state index contributed by atoms with van der Waals surface area (Å²) in [6.07, 6.45) is 3.60. The predicted octanol–water partition coefficient (Wildman–Crippen LogP) is 2.56. The van der Waals surface area contributed by atoms with Crippen molar-refractivity contribution in [1.29, 1.82) is 0 Å². The van der Waals surface area contributed by atoms with Crippen molar-refractivity contribution >= 4 is 27.6 Å². The second-order valence-electron chi connectivity index (χ2n) is 7.41. The molecule has 0 spiro atoms. The third kappa shape index (κ3) is 4.66. The zero-order valence-electron chi connectivity index (χ0n) is 16.8. The summed E-state index contributed by atoms with van der Waals surface area (Å²) >= 11 is 0. The molecule has 3 aromatic rings. The first kappa shape index (κ1) is 20.8. The van der Waals surface area contributed by atoms with Gasteiger partial charge in [-0.1, -0.05) is 36.4 Å². The summed E-state index contributed by atoms with van der Waals surface area (Å²) in [5.74, 6) is 0.0799. The molecule has 3 heterocycles. The van der Waals surface area contributed by atoms with Crippen molar-refractivity contribution in [3.63, 3.8) is 0 Å². The minimum atomic E-state index is -4.17. The largest absolute Gasteiger partial charge is 0.384 e. The van der Waals surface area contributed by atoms with Crippen LogP contribution < -0.4 is 15.4 Å². The maximum Gasteiger partial charge on any atom is 0.281 e. The number of rotatable bonds is 5. The highest BCUT2D eigenvalue weighted by Crippen LogP contribution is 2.30. The summed E-state index contributed by atoms with van der Waals surface area (Å²) in [4.78, 5) is 23.2. The molecule has 1 aromatic carbocycles. The van der Waals surface area contributed by atoms with E-state index in [9.17, 15) is 13.2 Å². The fourth-order valence-corrected chi connectivity index (χ4v) is 4.74. The average molecular weight is 438 g/mol. The lowest BCUT2D eigenvalue weighted by atomic mass is 9.90. The van der Waals surface area contributed by atoms with Crippen LogP contribution in [0.4, 0.5) is 11.6 Å². The summed E-state index contributed by atoms with van der Waals surface area (Å²) in [5, 5.41) is -0.312. The van der Waals surface area contributed by atoms with Gasteiger partial charge in [-0.05, 0) is 42.7 Å². The Hall–Kier alpha value is -3.46. The number of carbonyl (C=O) groups is 1. The fraction of sp³-hybridized carbons (Fsp3) is 0.227. The maximum atomic E-state index is 12.9. The molecule has 8 nitrogen and oxygen atoms in total. The van der Waals surface area contributed by atoms with Gasteiger partial charge in [0.15, 0.2) is 5.03 Å². The first-order valence-electron chi connectivity index (χ1n) is 9.98. The molecule has 9 heteroatoms. The summed E-state index contributed by atoms with van der Waals surface area (Å²) in [7, 11) is -4.17. The van der Waals surface area contributed by atoms with Gasteiger partial charge in [-0.3, -0.25) is 4.79 Å². The van der Waals surface area contributed by atoms with E-state index >= 15 is 0 Å². The van der Waals surface area contributed by atoms with Crippen LogP contribution in [-0.2, 0) is 10.0 Å². The summed E-state index contributed by atoms with van der Waals surface area (Å²) in [6, 6.07) is 17.6. The Labute approximate surface area is 181 Å². The summed E-state index contributed by atoms with van der Waals surface area (Å²) < 4.78 is 27.3. The van der Waals surface area contributed by atoms with Crippen LogP contribution in [-0.4, -0.2) is 37.4 Å². The Balaban J connectivity index is 1.57. The topological polar surface area (TPSA) is 118 Å². The number of nitrogen functional groups attached to an aromatic ring is 1. The Morgan fingerprint density at radius 2 is 1.87 bits per heavy atom. The summed E-state index contributed by atoms with van der Waals surface area (Å²) in [6.45, 7) is 1.44. The maximum absolute atomic E-state index is 12.9. The van der Waals surface area contributed by atoms with Gasteiger partial charge in [0, 0.05) is 25.2 Å². The molecule has 0 saturated carbocycles. The molecule has 0 bridgehead atoms. The van der Waals surface area contributed by atoms with Crippen LogP contribution in [0.15, 0.2) is 71.9 Å². The Kier molecular flexibility index (Phi) is 5.85. The van der Waals surface area contributed by atoms with E-state index in [2.05, 4.69) is 26.8 Å². The van der Waals surface area contributed by atoms with Crippen LogP contribution >= 0.6 is 0 Å². The van der Waals surface area contributed by atoms with E-state index in [1.165, 1.54) is 23.8 Å². The van der Waals surface area contributed by atoms with Crippen LogP contribution in [0, 0.1) is 0 Å². The van der Waals surface area contributed by atoms with Gasteiger partial charge in [-0.15, -0.1) is 0 Å². The highest BCUT2D eigenvalue weighted by Gasteiger charge is 2.27. The van der Waals surface area contributed by atoms with Crippen LogP contribution in [0.5, 0.6) is 0 Å². The van der Waals surface area contributed by atoms with E-state index < -0.39 is 15.9 Å². The van der Waals surface area contributed by atoms with Gasteiger partial charge < -0.3 is 10.6 Å². The number of anilines is 2. The number of hydrogen-bond donors (Lipinski definition) is 2. The second-order valence-corrected chi connectivity index (χ2v) is 9.04. The van der Waals surface area contributed by atoms with Crippen molar-refractivity contribution in [2.45, 2.75) is 23.8 Å². The molecular weight excluding hydrogens is 414 g/mol. The standard InChI is InChI=1S/C22H23N5O3S/c23-19-11-4-12-20(25-19)31(29,30)26-22(28)18-10-5-13-24-21(18)27-14-6-9-17(15-27)16-7-2-1-3-8-16/h1-5,7-8,10-13,17H,6,9,14-15H2,(H2,23,25)(H,26,28). The number of piperidine rings is 1. The summed E-state index contributed by atoms with van der Waals surface area (Å²) in [5.41, 5.74) is 7.01. The molecule has 4 rings (SSSR count). The normalized spacial score (nSPS) is 16.6. The minimum Gasteiger partial charge on any atom is -0.384 e. The quantitative estimate of drug-likeness (QED) is 0.630. The number of pyridine rings is 2. The van der Waals surface area contributed by atoms with Gasteiger partial charge in [-0.2, -0.15) is 8.42 Å². The molecule has 1 amide bonds. The van der Waals surface area contributed by atoms with Gasteiger partial charge in [0.25, 0.3) is 15.9 Å². The predicted molar refractivity (Wildman–Crippen MR) is 118 cm³/mol. The molecule has 0 aliphatic carbocycles. The van der Waals surface area contributed by atoms with Crippen molar-refractivity contribution in [3.8, 4) is 0 Å². The van der Waals surface area contributed by atoms with E-state index in [1.54, 1.807) is 18.3 Å². The second kappa shape index (κ2) is 8.73. The molecule has 3 N–H and O–H groups in total. The van der Waals surface area contributed by atoms with Crippen LogP contribution in [0.2, 0.25) is 0 Å². The minimum absolute atomic E-state index is 0.0534. The lowest BCUT2D eigenvalue weighted by molar-refractivity contribution is 0.0981. The zero-order valence-corrected chi connectivity index (χ0v) is 17.6. The van der Waals surface area contributed by atoms with Gasteiger partial charge >= 0.3 is 0 Å². The highest BCUT2D eigenvalue weighted by atomic mass is 32.2. The molecule has 1 atom stereocenters. The average Bonchev–Trinajstić information content (AvgIpc) is 2.79. The Morgan fingerprint density at radius 1 is 1.06 bits per heavy atom. The highest BCUT2D eigenvalue weighted by molar-refractivity contribution is 7.90. The van der Waals surface area contributed by atoms with Crippen LogP contribution in [0.25, 0.3) is 0 Å². The van der Waals surface area contributed by atoms with Crippen molar-refractivity contribution in [2.24, 2.45) is 0 Å². The van der Waals surface area contributed by atoms with Gasteiger partial charge in [-0.25, -0.2) is 14.7 Å². The van der Waals surface area contributed by atoms with E-state index in [0.29, 0.717) is 18.3 Å². The number of nitrogens with one attached hydrogen (secondary N) is 1. The number of sulfonamides is 1. The number of nitrogens with zero attached hydrogens (tertiary/aromatic N) is 3. The Morgan fingerprint density at radius 3 is 2.65 bits per heavy atom. The molecule has 1 unspecified atom stereocenters. The number of aromatic nitrogens is 2. The smallest absolute Gasteiger partial charge is 0.281 e. The Bertz CT molecular complexity index is 1180. The molecule has 2 aromatic heterocycles. The number of amides is 1. The van der Waals surface area contributed by atoms with Gasteiger partial charge in [0.1, 0.15) is 11.6 Å². The molecule has 1 aliphatic rings. The van der Waals surface area contributed by atoms with Crippen molar-refractivity contribution in [1.82, 2.24) is 14.7 Å². The van der Waals surface area contributed by atoms with E-state index in [4.69, 9.17) is 5.73 Å². The number of carbonyl (C=O) groups excluding carboxylic acids is 1. The van der Waals surface area contributed by atoms with Crippen LogP contribution in [0.1, 0.15) is 34.7 Å². The lowest BCUT2D eigenvalue weighted by Crippen LogP contribution is -2.38. The first-order chi connectivity index (χ1) is 14.9. The first-order valence-corrected chi connectivity index (χ1v) is 11.5. The molecule has 1 aliphatic heterocycles. The zero-order chi connectivity index (χ0) is 21.8. The van der Waals surface area contributed by atoms with Crippen molar-refractivity contribution in [2.75, 3.05) is 23.7 Å². The molecule has 160 valence electrons. The van der Waals surface area contributed by atoms with E-state index in [-0.39, 0.29) is 16.4 Å². The van der Waals surface area contributed by atoms with Crippen LogP contribution in [0.3, 0.4) is 0 Å². The van der Waals surface area contributed by atoms with E-state index in [1.807, 2.05) is 23.1 Å². The van der Waals surface area contributed by atoms with E-state index in [0.717, 1.165) is 19.4 Å². The fourth-order valence-electron chi connectivity index (χ4n) is 3.80. The lowest BCUT2D eigenvalue weighted by Gasteiger charge is -2.34. The molecule has 31 heavy (non-hydrogen) atoms. The van der Waals surface area contributed by atoms with Gasteiger partial charge in [0.2, 0.25) is 0 Å². The van der Waals surface area contributed by atoms with Gasteiger partial charge in [0.05, 0.1) is 5.56 Å². The monoisotopic (exact) mass is 437 g/mol. The number of nitrogens with two attached hydrogens (primary N) is 1. The van der Waals surface area contributed by atoms with Crippen molar-refractivity contribution < 1.29 is 13.2 Å². The SMILES string of the molecule is Nc1cccc(S(=O)(=O)NC(=O)c2cccnc2N2CCCC(c3ccccc3)C2)n1. The molecule has 1 fully saturated rings. The number of hydrogen-bond acceptors (Lipinski definition) is 7. The van der Waals surface area contributed by atoms with Crippen molar-refractivity contribution in [3.05, 3.63) is 78.0 Å². The third-order valence-corrected chi connectivity index (χ3v) is 6.50. The molecular formula is C22H23N5O3S. The number of benzene rings is 1. The molecule has 0 radical (unpaired) electrons. The molecule has 1 saturated heterocycles.